The van der Waals surface area contributed by atoms with Crippen LogP contribution in [0.3, 0.4) is 0 Å². The molecule has 5 heteroatoms. The molecule has 0 saturated heterocycles. The van der Waals surface area contributed by atoms with Gasteiger partial charge in [-0.05, 0) is 29.8 Å². The average molecular weight is 369 g/mol. The zero-order valence-corrected chi connectivity index (χ0v) is 15.4. The number of carbonyl (C=O) groups excluding carboxylic acids is 1. The SMILES string of the molecule is CN(Cc1ccncc1)C(=O)c1ccccc1-c1ncc(-c2ccccc2)o1. The van der Waals surface area contributed by atoms with E-state index < -0.39 is 0 Å². The topological polar surface area (TPSA) is 59.2 Å². The Bertz CT molecular complexity index is 1080. The van der Waals surface area contributed by atoms with E-state index >= 15 is 0 Å². The molecule has 0 aliphatic carbocycles. The molecule has 1 amide bonds. The van der Waals surface area contributed by atoms with Gasteiger partial charge >= 0.3 is 0 Å². The smallest absolute Gasteiger partial charge is 0.254 e. The minimum atomic E-state index is -0.0909. The first-order valence-electron chi connectivity index (χ1n) is 8.97. The number of nitrogens with zero attached hydrogens (tertiary/aromatic N) is 3. The Morgan fingerprint density at radius 1 is 0.964 bits per heavy atom. The molecule has 4 aromatic rings. The maximum absolute atomic E-state index is 13.1. The minimum absolute atomic E-state index is 0.0909. The number of pyridine rings is 1. The number of amides is 1. The number of rotatable bonds is 5. The van der Waals surface area contributed by atoms with Crippen molar-refractivity contribution in [3.05, 3.63) is 96.4 Å². The number of carbonyl (C=O) groups is 1. The first-order chi connectivity index (χ1) is 13.7. The normalized spacial score (nSPS) is 10.6. The fourth-order valence-electron chi connectivity index (χ4n) is 3.03. The fraction of sp³-hybridized carbons (Fsp3) is 0.0870. The molecule has 138 valence electrons. The lowest BCUT2D eigenvalue weighted by Gasteiger charge is -2.18. The number of hydrogen-bond donors (Lipinski definition) is 0. The van der Waals surface area contributed by atoms with Crippen LogP contribution in [0.15, 0.2) is 89.7 Å². The van der Waals surface area contributed by atoms with Crippen LogP contribution in [0.25, 0.3) is 22.8 Å². The standard InChI is InChI=1S/C23H19N3O2/c1-26(16-17-11-13-24-14-12-17)23(27)20-10-6-5-9-19(20)22-25-15-21(28-22)18-7-3-2-4-8-18/h2-15H,16H2,1H3. The molecule has 4 rings (SSSR count). The van der Waals surface area contributed by atoms with Gasteiger partial charge in [-0.25, -0.2) is 4.98 Å². The Labute approximate surface area is 163 Å². The van der Waals surface area contributed by atoms with E-state index in [4.69, 9.17) is 4.42 Å². The summed E-state index contributed by atoms with van der Waals surface area (Å²) in [5.74, 6) is 1.01. The summed E-state index contributed by atoms with van der Waals surface area (Å²) in [6.07, 6.45) is 5.13. The molecule has 0 atom stereocenters. The molecule has 0 radical (unpaired) electrons. The first-order valence-corrected chi connectivity index (χ1v) is 8.97. The van der Waals surface area contributed by atoms with Crippen LogP contribution in [0.5, 0.6) is 0 Å². The molecule has 28 heavy (non-hydrogen) atoms. The van der Waals surface area contributed by atoms with Crippen molar-refractivity contribution in [1.29, 1.82) is 0 Å². The zero-order chi connectivity index (χ0) is 19.3. The number of hydrogen-bond acceptors (Lipinski definition) is 4. The lowest BCUT2D eigenvalue weighted by Crippen LogP contribution is -2.26. The molecular formula is C23H19N3O2. The second-order valence-corrected chi connectivity index (χ2v) is 6.46. The van der Waals surface area contributed by atoms with Crippen LogP contribution in [0.2, 0.25) is 0 Å². The number of aromatic nitrogens is 2. The molecule has 0 N–H and O–H groups in total. The van der Waals surface area contributed by atoms with E-state index in [9.17, 15) is 4.79 Å². The van der Waals surface area contributed by atoms with Crippen molar-refractivity contribution in [3.63, 3.8) is 0 Å². The van der Waals surface area contributed by atoms with Gasteiger partial charge in [0.2, 0.25) is 5.89 Å². The largest absolute Gasteiger partial charge is 0.436 e. The van der Waals surface area contributed by atoms with Gasteiger partial charge in [0.1, 0.15) is 0 Å². The highest BCUT2D eigenvalue weighted by molar-refractivity contribution is 5.99. The molecule has 5 nitrogen and oxygen atoms in total. The van der Waals surface area contributed by atoms with E-state index in [0.29, 0.717) is 29.3 Å². The predicted molar refractivity (Wildman–Crippen MR) is 107 cm³/mol. The van der Waals surface area contributed by atoms with Gasteiger partial charge in [-0.1, -0.05) is 42.5 Å². The molecule has 0 saturated carbocycles. The van der Waals surface area contributed by atoms with Crippen LogP contribution in [-0.4, -0.2) is 27.8 Å². The minimum Gasteiger partial charge on any atom is -0.436 e. The van der Waals surface area contributed by atoms with Crippen molar-refractivity contribution < 1.29 is 9.21 Å². The highest BCUT2D eigenvalue weighted by Crippen LogP contribution is 2.28. The number of benzene rings is 2. The van der Waals surface area contributed by atoms with Crippen molar-refractivity contribution >= 4 is 5.91 Å². The Hall–Kier alpha value is -3.73. The van der Waals surface area contributed by atoms with E-state index in [1.807, 2.05) is 60.7 Å². The summed E-state index contributed by atoms with van der Waals surface area (Å²) in [6, 6.07) is 20.9. The molecule has 2 heterocycles. The summed E-state index contributed by atoms with van der Waals surface area (Å²) >= 11 is 0. The molecule has 2 aromatic carbocycles. The lowest BCUT2D eigenvalue weighted by atomic mass is 10.1. The van der Waals surface area contributed by atoms with E-state index in [2.05, 4.69) is 9.97 Å². The maximum atomic E-state index is 13.1. The molecule has 0 fully saturated rings. The van der Waals surface area contributed by atoms with Gasteiger partial charge in [-0.3, -0.25) is 9.78 Å². The lowest BCUT2D eigenvalue weighted by molar-refractivity contribution is 0.0785. The monoisotopic (exact) mass is 369 g/mol. The summed E-state index contributed by atoms with van der Waals surface area (Å²) in [6.45, 7) is 0.497. The summed E-state index contributed by atoms with van der Waals surface area (Å²) in [7, 11) is 1.78. The zero-order valence-electron chi connectivity index (χ0n) is 15.4. The summed E-state index contributed by atoms with van der Waals surface area (Å²) in [4.78, 5) is 23.2. The average Bonchev–Trinajstić information content (AvgIpc) is 3.25. The van der Waals surface area contributed by atoms with Crippen molar-refractivity contribution in [1.82, 2.24) is 14.9 Å². The molecular weight excluding hydrogens is 350 g/mol. The molecule has 0 aliphatic rings. The quantitative estimate of drug-likeness (QED) is 0.513. The van der Waals surface area contributed by atoms with E-state index in [1.165, 1.54) is 0 Å². The van der Waals surface area contributed by atoms with Gasteiger partial charge in [0.25, 0.3) is 5.91 Å². The van der Waals surface area contributed by atoms with Gasteiger partial charge in [-0.2, -0.15) is 0 Å². The van der Waals surface area contributed by atoms with Crippen LogP contribution >= 0.6 is 0 Å². The van der Waals surface area contributed by atoms with E-state index in [-0.39, 0.29) is 5.91 Å². The fourth-order valence-corrected chi connectivity index (χ4v) is 3.03. The van der Waals surface area contributed by atoms with Crippen LogP contribution in [0.1, 0.15) is 15.9 Å². The maximum Gasteiger partial charge on any atom is 0.254 e. The van der Waals surface area contributed by atoms with Crippen molar-refractivity contribution in [2.75, 3.05) is 7.05 Å². The van der Waals surface area contributed by atoms with Crippen LogP contribution < -0.4 is 0 Å². The molecule has 0 bridgehead atoms. The third kappa shape index (κ3) is 3.69. The highest BCUT2D eigenvalue weighted by Gasteiger charge is 2.19. The van der Waals surface area contributed by atoms with Crippen LogP contribution in [0.4, 0.5) is 0 Å². The van der Waals surface area contributed by atoms with E-state index in [1.54, 1.807) is 36.6 Å². The molecule has 0 spiro atoms. The van der Waals surface area contributed by atoms with Crippen molar-refractivity contribution in [2.45, 2.75) is 6.54 Å². The van der Waals surface area contributed by atoms with Gasteiger partial charge in [-0.15, -0.1) is 0 Å². The van der Waals surface area contributed by atoms with E-state index in [0.717, 1.165) is 11.1 Å². The Kier molecular flexibility index (Phi) is 4.97. The molecule has 0 unspecified atom stereocenters. The highest BCUT2D eigenvalue weighted by atomic mass is 16.4. The molecule has 2 aromatic heterocycles. The van der Waals surface area contributed by atoms with Gasteiger partial charge < -0.3 is 9.32 Å². The Balaban J connectivity index is 1.62. The van der Waals surface area contributed by atoms with Crippen LogP contribution in [0, 0.1) is 0 Å². The Morgan fingerprint density at radius 2 is 1.68 bits per heavy atom. The third-order valence-electron chi connectivity index (χ3n) is 4.47. The second-order valence-electron chi connectivity index (χ2n) is 6.46. The van der Waals surface area contributed by atoms with Crippen molar-refractivity contribution in [2.24, 2.45) is 0 Å². The van der Waals surface area contributed by atoms with Crippen LogP contribution in [-0.2, 0) is 6.54 Å². The van der Waals surface area contributed by atoms with Gasteiger partial charge in [0.05, 0.1) is 11.8 Å². The van der Waals surface area contributed by atoms with Gasteiger partial charge in [0, 0.05) is 37.1 Å². The second kappa shape index (κ2) is 7.88. The Morgan fingerprint density at radius 3 is 2.46 bits per heavy atom. The first kappa shape index (κ1) is 17.7. The summed E-state index contributed by atoms with van der Waals surface area (Å²) < 4.78 is 5.95. The van der Waals surface area contributed by atoms with Gasteiger partial charge in [0.15, 0.2) is 5.76 Å². The summed E-state index contributed by atoms with van der Waals surface area (Å²) in [5.41, 5.74) is 3.20. The summed E-state index contributed by atoms with van der Waals surface area (Å²) in [5, 5.41) is 0. The number of oxazole rings is 1. The predicted octanol–water partition coefficient (Wildman–Crippen LogP) is 4.68. The van der Waals surface area contributed by atoms with Crippen molar-refractivity contribution in [3.8, 4) is 22.8 Å². The third-order valence-corrected chi connectivity index (χ3v) is 4.47. The molecule has 0 aliphatic heterocycles.